The molecule has 1 fully saturated rings. The first-order chi connectivity index (χ1) is 11.9. The number of amides is 1. The number of nitrogens with zero attached hydrogens (tertiary/aromatic N) is 1. The van der Waals surface area contributed by atoms with E-state index in [0.717, 1.165) is 17.7 Å². The van der Waals surface area contributed by atoms with E-state index in [0.29, 0.717) is 18.0 Å². The van der Waals surface area contributed by atoms with Gasteiger partial charge in [0.05, 0.1) is 4.90 Å². The zero-order valence-electron chi connectivity index (χ0n) is 13.8. The Morgan fingerprint density at radius 2 is 1.72 bits per heavy atom. The third kappa shape index (κ3) is 4.03. The van der Waals surface area contributed by atoms with Gasteiger partial charge in [-0.1, -0.05) is 23.7 Å². The van der Waals surface area contributed by atoms with Gasteiger partial charge in [0.2, 0.25) is 15.9 Å². The molecule has 1 atom stereocenters. The van der Waals surface area contributed by atoms with E-state index in [1.54, 1.807) is 48.2 Å². The first-order valence-corrected chi connectivity index (χ1v) is 9.91. The second-order valence-electron chi connectivity index (χ2n) is 6.04. The fourth-order valence-corrected chi connectivity index (χ4v) is 4.20. The number of carbonyl (C=O) groups is 1. The van der Waals surface area contributed by atoms with Crippen LogP contribution in [0, 0.1) is 0 Å². The fraction of sp³-hybridized carbons (Fsp3) is 0.278. The standard InChI is InChI=1S/C18H19ClN2O3S/c1-13(14-4-6-15(19)7-5-14)20-25(23,24)17-10-8-16(9-11-17)21-12-2-3-18(21)22/h4-11,13,20H,2-3,12H2,1H3. The number of anilines is 1. The minimum absolute atomic E-state index is 0.0742. The first kappa shape index (κ1) is 17.9. The molecule has 1 saturated heterocycles. The summed E-state index contributed by atoms with van der Waals surface area (Å²) in [6.07, 6.45) is 1.37. The maximum absolute atomic E-state index is 12.6. The molecule has 25 heavy (non-hydrogen) atoms. The molecule has 1 unspecified atom stereocenters. The van der Waals surface area contributed by atoms with Crippen LogP contribution in [0.25, 0.3) is 0 Å². The summed E-state index contributed by atoms with van der Waals surface area (Å²) < 4.78 is 27.8. The molecule has 7 heteroatoms. The number of benzene rings is 2. The predicted molar refractivity (Wildman–Crippen MR) is 98.2 cm³/mol. The van der Waals surface area contributed by atoms with Crippen molar-refractivity contribution in [2.75, 3.05) is 11.4 Å². The predicted octanol–water partition coefficient (Wildman–Crippen LogP) is 3.51. The monoisotopic (exact) mass is 378 g/mol. The van der Waals surface area contributed by atoms with E-state index in [1.807, 2.05) is 0 Å². The quantitative estimate of drug-likeness (QED) is 0.865. The van der Waals surface area contributed by atoms with Gasteiger partial charge in [-0.05, 0) is 55.3 Å². The molecule has 3 rings (SSSR count). The van der Waals surface area contributed by atoms with Crippen molar-refractivity contribution >= 4 is 33.2 Å². The molecule has 5 nitrogen and oxygen atoms in total. The van der Waals surface area contributed by atoms with Crippen molar-refractivity contribution in [1.29, 1.82) is 0 Å². The molecule has 0 radical (unpaired) electrons. The second-order valence-corrected chi connectivity index (χ2v) is 8.19. The molecule has 2 aromatic carbocycles. The molecule has 1 aliphatic rings. The molecular weight excluding hydrogens is 360 g/mol. The number of sulfonamides is 1. The number of rotatable bonds is 5. The van der Waals surface area contributed by atoms with Crippen LogP contribution in [0.15, 0.2) is 53.4 Å². The lowest BCUT2D eigenvalue weighted by Gasteiger charge is -2.17. The molecule has 2 aromatic rings. The van der Waals surface area contributed by atoms with Crippen LogP contribution >= 0.6 is 11.6 Å². The molecule has 1 heterocycles. The van der Waals surface area contributed by atoms with Gasteiger partial charge in [0.1, 0.15) is 0 Å². The van der Waals surface area contributed by atoms with Crippen LogP contribution in [0.3, 0.4) is 0 Å². The van der Waals surface area contributed by atoms with E-state index in [9.17, 15) is 13.2 Å². The third-order valence-corrected chi connectivity index (χ3v) is 6.04. The smallest absolute Gasteiger partial charge is 0.241 e. The van der Waals surface area contributed by atoms with Crippen LogP contribution in [-0.4, -0.2) is 20.9 Å². The molecule has 0 aliphatic carbocycles. The van der Waals surface area contributed by atoms with Gasteiger partial charge in [0.25, 0.3) is 0 Å². The summed E-state index contributed by atoms with van der Waals surface area (Å²) in [5, 5.41) is 0.603. The summed E-state index contributed by atoms with van der Waals surface area (Å²) in [7, 11) is -3.66. The van der Waals surface area contributed by atoms with Gasteiger partial charge in [-0.15, -0.1) is 0 Å². The lowest BCUT2D eigenvalue weighted by atomic mass is 10.1. The van der Waals surface area contributed by atoms with Crippen molar-refractivity contribution in [1.82, 2.24) is 4.72 Å². The molecule has 1 aliphatic heterocycles. The van der Waals surface area contributed by atoms with E-state index in [4.69, 9.17) is 11.6 Å². The number of nitrogens with one attached hydrogen (secondary N) is 1. The van der Waals surface area contributed by atoms with Crippen molar-refractivity contribution in [2.24, 2.45) is 0 Å². The van der Waals surface area contributed by atoms with Gasteiger partial charge in [-0.3, -0.25) is 4.79 Å². The maximum Gasteiger partial charge on any atom is 0.241 e. The normalized spacial score (nSPS) is 16.2. The van der Waals surface area contributed by atoms with Gasteiger partial charge in [0.15, 0.2) is 0 Å². The van der Waals surface area contributed by atoms with Gasteiger partial charge >= 0.3 is 0 Å². The summed E-state index contributed by atoms with van der Waals surface area (Å²) in [6, 6.07) is 13.0. The Balaban J connectivity index is 1.75. The van der Waals surface area contributed by atoms with Crippen LogP contribution in [0.5, 0.6) is 0 Å². The Bertz CT molecular complexity index is 864. The summed E-state index contributed by atoms with van der Waals surface area (Å²) in [5.41, 5.74) is 1.56. The largest absolute Gasteiger partial charge is 0.312 e. The van der Waals surface area contributed by atoms with Crippen LogP contribution in [0.2, 0.25) is 5.02 Å². The highest BCUT2D eigenvalue weighted by molar-refractivity contribution is 7.89. The first-order valence-electron chi connectivity index (χ1n) is 8.05. The lowest BCUT2D eigenvalue weighted by molar-refractivity contribution is -0.117. The number of hydrogen-bond acceptors (Lipinski definition) is 3. The van der Waals surface area contributed by atoms with Crippen LogP contribution < -0.4 is 9.62 Å². The van der Waals surface area contributed by atoms with E-state index < -0.39 is 10.0 Å². The Hall–Kier alpha value is -1.89. The van der Waals surface area contributed by atoms with Crippen molar-refractivity contribution < 1.29 is 13.2 Å². The second kappa shape index (κ2) is 7.15. The highest BCUT2D eigenvalue weighted by atomic mass is 35.5. The Morgan fingerprint density at radius 1 is 1.08 bits per heavy atom. The summed E-state index contributed by atoms with van der Waals surface area (Å²) in [4.78, 5) is 13.6. The Labute approximate surface area is 152 Å². The molecule has 0 spiro atoms. The SMILES string of the molecule is CC(NS(=O)(=O)c1ccc(N2CCCC2=O)cc1)c1ccc(Cl)cc1. The summed E-state index contributed by atoms with van der Waals surface area (Å²) in [5.74, 6) is 0.0742. The maximum atomic E-state index is 12.6. The molecule has 0 bridgehead atoms. The zero-order chi connectivity index (χ0) is 18.0. The third-order valence-electron chi connectivity index (χ3n) is 4.23. The van der Waals surface area contributed by atoms with E-state index in [1.165, 1.54) is 12.1 Å². The number of hydrogen-bond donors (Lipinski definition) is 1. The van der Waals surface area contributed by atoms with E-state index in [-0.39, 0.29) is 16.8 Å². The minimum atomic E-state index is -3.66. The number of carbonyl (C=O) groups excluding carboxylic acids is 1. The van der Waals surface area contributed by atoms with Crippen molar-refractivity contribution in [3.8, 4) is 0 Å². The van der Waals surface area contributed by atoms with Gasteiger partial charge in [-0.2, -0.15) is 0 Å². The number of halogens is 1. The van der Waals surface area contributed by atoms with E-state index >= 15 is 0 Å². The van der Waals surface area contributed by atoms with Crippen molar-refractivity contribution in [3.63, 3.8) is 0 Å². The Morgan fingerprint density at radius 3 is 2.28 bits per heavy atom. The highest BCUT2D eigenvalue weighted by Crippen LogP contribution is 2.24. The zero-order valence-corrected chi connectivity index (χ0v) is 15.3. The highest BCUT2D eigenvalue weighted by Gasteiger charge is 2.23. The average Bonchev–Trinajstić information content (AvgIpc) is 3.01. The minimum Gasteiger partial charge on any atom is -0.312 e. The fourth-order valence-electron chi connectivity index (χ4n) is 2.85. The topological polar surface area (TPSA) is 66.5 Å². The van der Waals surface area contributed by atoms with Crippen LogP contribution in [0.4, 0.5) is 5.69 Å². The molecule has 0 saturated carbocycles. The van der Waals surface area contributed by atoms with E-state index in [2.05, 4.69) is 4.72 Å². The Kier molecular flexibility index (Phi) is 5.13. The van der Waals surface area contributed by atoms with Gasteiger partial charge in [0, 0.05) is 29.7 Å². The molecule has 0 aromatic heterocycles. The molecule has 1 amide bonds. The van der Waals surface area contributed by atoms with Crippen molar-refractivity contribution in [2.45, 2.75) is 30.7 Å². The van der Waals surface area contributed by atoms with Gasteiger partial charge < -0.3 is 4.90 Å². The molecule has 132 valence electrons. The summed E-state index contributed by atoms with van der Waals surface area (Å²) >= 11 is 5.86. The van der Waals surface area contributed by atoms with Gasteiger partial charge in [-0.25, -0.2) is 13.1 Å². The molecular formula is C18H19ClN2O3S. The summed E-state index contributed by atoms with van der Waals surface area (Å²) in [6.45, 7) is 2.45. The lowest BCUT2D eigenvalue weighted by Crippen LogP contribution is -2.27. The van der Waals surface area contributed by atoms with Crippen LogP contribution in [0.1, 0.15) is 31.4 Å². The average molecular weight is 379 g/mol. The van der Waals surface area contributed by atoms with Crippen LogP contribution in [-0.2, 0) is 14.8 Å². The van der Waals surface area contributed by atoms with Crippen molar-refractivity contribution in [3.05, 3.63) is 59.1 Å². The molecule has 1 N–H and O–H groups in total.